The fraction of sp³-hybridized carbons (Fsp3) is 0.250. The van der Waals surface area contributed by atoms with E-state index in [1.165, 1.54) is 23.1 Å². The summed E-state index contributed by atoms with van der Waals surface area (Å²) >= 11 is 0. The number of carbonyl (C=O) groups is 2. The Balaban J connectivity index is 2.17. The second kappa shape index (κ2) is 11.5. The van der Waals surface area contributed by atoms with Crippen LogP contribution in [0.5, 0.6) is 0 Å². The first-order chi connectivity index (χ1) is 16.8. The molecule has 0 saturated heterocycles. The van der Waals surface area contributed by atoms with Gasteiger partial charge < -0.3 is 24.3 Å². The highest BCUT2D eigenvalue weighted by Gasteiger charge is 2.34. The molecule has 1 aliphatic rings. The van der Waals surface area contributed by atoms with Crippen LogP contribution in [0.4, 0.5) is 21.0 Å². The molecule has 0 fully saturated rings. The Hall–Kier alpha value is -4.54. The van der Waals surface area contributed by atoms with Gasteiger partial charge in [0.05, 0.1) is 35.2 Å². The van der Waals surface area contributed by atoms with E-state index in [1.807, 2.05) is 30.3 Å². The summed E-state index contributed by atoms with van der Waals surface area (Å²) in [6.45, 7) is 5.01. The first-order valence-corrected chi connectivity index (χ1v) is 10.8. The third-order valence-electron chi connectivity index (χ3n) is 4.73. The van der Waals surface area contributed by atoms with Crippen molar-refractivity contribution < 1.29 is 33.5 Å². The van der Waals surface area contributed by atoms with Gasteiger partial charge in [-0.1, -0.05) is 36.4 Å². The van der Waals surface area contributed by atoms with Crippen molar-refractivity contribution in [1.82, 2.24) is 5.32 Å². The van der Waals surface area contributed by atoms with Crippen LogP contribution >= 0.6 is 0 Å². The van der Waals surface area contributed by atoms with E-state index in [4.69, 9.17) is 18.9 Å². The Labute approximate surface area is 201 Å². The third kappa shape index (κ3) is 6.28. The molecule has 184 valence electrons. The van der Waals surface area contributed by atoms with Gasteiger partial charge in [-0.2, -0.15) is 0 Å². The number of benzene rings is 2. The molecule has 1 heterocycles. The van der Waals surface area contributed by atoms with Gasteiger partial charge in [-0.25, -0.2) is 14.5 Å². The average molecular weight is 483 g/mol. The molecule has 35 heavy (non-hydrogen) atoms. The van der Waals surface area contributed by atoms with Crippen LogP contribution in [0.25, 0.3) is 0 Å². The average Bonchev–Trinajstić information content (AvgIpc) is 2.83. The molecule has 0 saturated carbocycles. The zero-order chi connectivity index (χ0) is 25.4. The van der Waals surface area contributed by atoms with Gasteiger partial charge in [0.1, 0.15) is 0 Å². The van der Waals surface area contributed by atoms with Crippen LogP contribution in [0.3, 0.4) is 0 Å². The van der Waals surface area contributed by atoms with Gasteiger partial charge in [0.2, 0.25) is 11.8 Å². The van der Waals surface area contributed by atoms with Gasteiger partial charge in [-0.3, -0.25) is 10.1 Å². The number of nitrogens with zero attached hydrogens (tertiary/aromatic N) is 2. The Kier molecular flexibility index (Phi) is 8.28. The van der Waals surface area contributed by atoms with Gasteiger partial charge in [-0.15, -0.1) is 0 Å². The highest BCUT2D eigenvalue weighted by atomic mass is 16.7. The predicted octanol–water partition coefficient (Wildman–Crippen LogP) is 4.95. The molecule has 0 aromatic heterocycles. The molecule has 0 amide bonds. The number of ether oxygens (including phenoxy) is 4. The molecule has 2 aromatic carbocycles. The maximum Gasteiger partial charge on any atom is 0.515 e. The summed E-state index contributed by atoms with van der Waals surface area (Å²) in [6.07, 6.45) is -1.70. The maximum atomic E-state index is 12.4. The number of rotatable bonds is 8. The minimum absolute atomic E-state index is 0.0609. The quantitative estimate of drug-likeness (QED) is 0.313. The van der Waals surface area contributed by atoms with E-state index >= 15 is 0 Å². The molecule has 1 aliphatic heterocycles. The van der Waals surface area contributed by atoms with Crippen LogP contribution in [-0.2, 0) is 25.4 Å². The zero-order valence-corrected chi connectivity index (χ0v) is 19.5. The minimum atomic E-state index is -1.000. The van der Waals surface area contributed by atoms with Crippen molar-refractivity contribution in [2.45, 2.75) is 27.2 Å². The van der Waals surface area contributed by atoms with Crippen LogP contribution in [0, 0.1) is 10.1 Å². The van der Waals surface area contributed by atoms with Crippen LogP contribution in [-0.4, -0.2) is 30.4 Å². The normalized spacial score (nSPS) is 13.2. The second-order valence-electron chi connectivity index (χ2n) is 7.18. The highest BCUT2D eigenvalue weighted by molar-refractivity contribution is 5.70. The summed E-state index contributed by atoms with van der Waals surface area (Å²) in [5.74, 6) is -0.155. The summed E-state index contributed by atoms with van der Waals surface area (Å²) in [7, 11) is 0. The molecule has 11 nitrogen and oxygen atoms in total. The van der Waals surface area contributed by atoms with Gasteiger partial charge >= 0.3 is 12.3 Å². The van der Waals surface area contributed by atoms with Crippen molar-refractivity contribution in [3.63, 3.8) is 0 Å². The molecule has 3 rings (SSSR count). The molecule has 2 aromatic rings. The lowest BCUT2D eigenvalue weighted by atomic mass is 10.1. The molecule has 0 atom stereocenters. The van der Waals surface area contributed by atoms with E-state index in [9.17, 15) is 19.7 Å². The minimum Gasteiger partial charge on any atom is -0.434 e. The lowest BCUT2D eigenvalue weighted by molar-refractivity contribution is -0.384. The largest absolute Gasteiger partial charge is 0.515 e. The molecule has 0 spiro atoms. The summed E-state index contributed by atoms with van der Waals surface area (Å²) in [4.78, 5) is 36.8. The number of nitrogens with one attached hydrogen (secondary N) is 1. The second-order valence-corrected chi connectivity index (χ2v) is 7.18. The van der Waals surface area contributed by atoms with E-state index in [0.717, 1.165) is 5.56 Å². The van der Waals surface area contributed by atoms with E-state index in [-0.39, 0.29) is 36.4 Å². The number of anilines is 1. The maximum absolute atomic E-state index is 12.4. The number of hydrogen-bond acceptors (Lipinski definition) is 10. The van der Waals surface area contributed by atoms with E-state index in [2.05, 4.69) is 5.32 Å². The lowest BCUT2D eigenvalue weighted by Gasteiger charge is -2.34. The van der Waals surface area contributed by atoms with Crippen LogP contribution < -0.4 is 10.2 Å². The van der Waals surface area contributed by atoms with E-state index in [0.29, 0.717) is 17.8 Å². The first-order valence-electron chi connectivity index (χ1n) is 10.8. The molecule has 0 aliphatic carbocycles. The van der Waals surface area contributed by atoms with Crippen LogP contribution in [0.1, 0.15) is 26.3 Å². The number of non-ortho nitro benzene ring substituents is 1. The monoisotopic (exact) mass is 483 g/mol. The Bertz CT molecular complexity index is 1160. The number of hydrogen-bond donors (Lipinski definition) is 1. The van der Waals surface area contributed by atoms with E-state index in [1.54, 1.807) is 26.8 Å². The number of allylic oxidation sites excluding steroid dienone is 2. The van der Waals surface area contributed by atoms with Crippen molar-refractivity contribution in [3.05, 3.63) is 93.4 Å². The van der Waals surface area contributed by atoms with Gasteiger partial charge in [0.15, 0.2) is 0 Å². The number of nitro groups is 1. The lowest BCUT2D eigenvalue weighted by Crippen LogP contribution is -2.39. The number of carbonyl (C=O) groups excluding carboxylic acids is 2. The fourth-order valence-corrected chi connectivity index (χ4v) is 3.31. The van der Waals surface area contributed by atoms with Crippen molar-refractivity contribution in [2.24, 2.45) is 0 Å². The topological polar surface area (TPSA) is 129 Å². The fourth-order valence-electron chi connectivity index (χ4n) is 3.31. The molecular formula is C24H25N3O8. The Morgan fingerprint density at radius 2 is 1.57 bits per heavy atom. The third-order valence-corrected chi connectivity index (χ3v) is 4.73. The molecule has 11 heteroatoms. The summed E-state index contributed by atoms with van der Waals surface area (Å²) in [6, 6.07) is 15.0. The zero-order valence-electron chi connectivity index (χ0n) is 19.5. The van der Waals surface area contributed by atoms with Gasteiger partial charge in [-0.05, 0) is 32.4 Å². The molecule has 0 unspecified atom stereocenters. The van der Waals surface area contributed by atoms with Crippen molar-refractivity contribution in [3.8, 4) is 0 Å². The Morgan fingerprint density at radius 3 is 2.17 bits per heavy atom. The summed E-state index contributed by atoms with van der Waals surface area (Å²) in [5, 5.41) is 14.5. The Morgan fingerprint density at radius 1 is 0.943 bits per heavy atom. The van der Waals surface area contributed by atoms with Crippen molar-refractivity contribution >= 4 is 23.7 Å². The molecule has 1 N–H and O–H groups in total. The van der Waals surface area contributed by atoms with Crippen molar-refractivity contribution in [2.75, 3.05) is 18.1 Å². The first kappa shape index (κ1) is 25.1. The highest BCUT2D eigenvalue weighted by Crippen LogP contribution is 2.35. The van der Waals surface area contributed by atoms with Crippen LogP contribution in [0.15, 0.2) is 77.8 Å². The predicted molar refractivity (Wildman–Crippen MR) is 125 cm³/mol. The standard InChI is InChI=1S/C24H25N3O8/c1-4-32-23(28)34-21-16(3)25-20(14-17-10-7-6-8-11-17)22(35-24(29)33-5-2)26(21)18-12-9-13-19(15-18)27(30)31/h6-13,15,25H,4-5,14H2,1-3H3. The van der Waals surface area contributed by atoms with E-state index < -0.39 is 17.2 Å². The van der Waals surface area contributed by atoms with Gasteiger partial charge in [0.25, 0.3) is 5.69 Å². The van der Waals surface area contributed by atoms with Gasteiger partial charge in [0, 0.05) is 18.6 Å². The summed E-state index contributed by atoms with van der Waals surface area (Å²) < 4.78 is 20.9. The smallest absolute Gasteiger partial charge is 0.434 e. The van der Waals surface area contributed by atoms with Crippen LogP contribution in [0.2, 0.25) is 0 Å². The molecule has 0 bridgehead atoms. The number of nitro benzene ring substituents is 1. The summed E-state index contributed by atoms with van der Waals surface area (Å²) in [5.41, 5.74) is 1.70. The van der Waals surface area contributed by atoms with Crippen molar-refractivity contribution in [1.29, 1.82) is 0 Å². The molecular weight excluding hydrogens is 458 g/mol. The molecule has 0 radical (unpaired) electrons. The SMILES string of the molecule is CCOC(=O)OC1=C(C)NC(Cc2ccccc2)=C(OC(=O)OCC)N1c1cccc([N+](=O)[O-])c1.